The van der Waals surface area contributed by atoms with Gasteiger partial charge in [-0.2, -0.15) is 0 Å². The fourth-order valence-electron chi connectivity index (χ4n) is 1.51. The topological polar surface area (TPSA) is 102 Å². The maximum absolute atomic E-state index is 11.1. The molecule has 80 valence electrons. The summed E-state index contributed by atoms with van der Waals surface area (Å²) in [4.78, 5) is 21.6. The Labute approximate surface area is 81.4 Å². The number of aliphatic hydroxyl groups excluding tert-OH is 1. The number of hydrogen-bond donors (Lipinski definition) is 3. The zero-order chi connectivity index (χ0) is 10.6. The van der Waals surface area contributed by atoms with E-state index in [2.05, 4.69) is 10.1 Å². The van der Waals surface area contributed by atoms with Crippen molar-refractivity contribution in [1.82, 2.24) is 5.32 Å². The molecule has 0 aliphatic carbocycles. The van der Waals surface area contributed by atoms with Crippen molar-refractivity contribution in [2.24, 2.45) is 11.7 Å². The number of ether oxygens (including phenoxy) is 1. The van der Waals surface area contributed by atoms with Crippen molar-refractivity contribution in [2.45, 2.75) is 18.9 Å². The first-order valence-corrected chi connectivity index (χ1v) is 4.48. The van der Waals surface area contributed by atoms with Crippen molar-refractivity contribution in [1.29, 1.82) is 0 Å². The molecule has 0 saturated carbocycles. The van der Waals surface area contributed by atoms with Gasteiger partial charge in [0.05, 0.1) is 6.61 Å². The van der Waals surface area contributed by atoms with Crippen LogP contribution in [0.25, 0.3) is 0 Å². The molecule has 4 N–H and O–H groups in total. The molecule has 0 aromatic heterocycles. The average molecular weight is 202 g/mol. The van der Waals surface area contributed by atoms with Crippen LogP contribution < -0.4 is 11.1 Å². The van der Waals surface area contributed by atoms with Gasteiger partial charge in [-0.25, -0.2) is 4.79 Å². The minimum atomic E-state index is -0.928. The van der Waals surface area contributed by atoms with Crippen molar-refractivity contribution >= 4 is 12.0 Å². The van der Waals surface area contributed by atoms with Crippen molar-refractivity contribution in [3.05, 3.63) is 0 Å². The summed E-state index contributed by atoms with van der Waals surface area (Å²) in [6.07, 6.45) is -0.577. The van der Waals surface area contributed by atoms with Gasteiger partial charge in [0.25, 0.3) is 0 Å². The van der Waals surface area contributed by atoms with Gasteiger partial charge in [0, 0.05) is 12.5 Å². The van der Waals surface area contributed by atoms with Gasteiger partial charge in [0.15, 0.2) is 0 Å². The highest BCUT2D eigenvalue weighted by Crippen LogP contribution is 2.17. The molecule has 14 heavy (non-hydrogen) atoms. The standard InChI is InChI=1S/C8H14N2O4/c9-8(13)14-6(4-11)3-5-1-2-10-7(5)12/h5-6,11H,1-4H2,(H2,9,13)(H,10,12)/t5-,6?/m0/s1. The van der Waals surface area contributed by atoms with Gasteiger partial charge in [0.2, 0.25) is 5.91 Å². The Hall–Kier alpha value is -1.30. The van der Waals surface area contributed by atoms with Gasteiger partial charge in [-0.05, 0) is 12.8 Å². The molecule has 2 atom stereocenters. The average Bonchev–Trinajstić information content (AvgIpc) is 2.50. The molecule has 0 bridgehead atoms. The molecule has 0 aromatic carbocycles. The molecular formula is C8H14N2O4. The summed E-state index contributed by atoms with van der Waals surface area (Å²) in [6, 6.07) is 0. The van der Waals surface area contributed by atoms with E-state index in [0.29, 0.717) is 19.4 Å². The number of hydrogen-bond acceptors (Lipinski definition) is 4. The van der Waals surface area contributed by atoms with Gasteiger partial charge in [-0.15, -0.1) is 0 Å². The van der Waals surface area contributed by atoms with Gasteiger partial charge in [-0.3, -0.25) is 4.79 Å². The van der Waals surface area contributed by atoms with E-state index >= 15 is 0 Å². The normalized spacial score (nSPS) is 22.9. The number of amides is 2. The lowest BCUT2D eigenvalue weighted by Gasteiger charge is -2.16. The summed E-state index contributed by atoms with van der Waals surface area (Å²) in [5, 5.41) is 11.5. The molecular weight excluding hydrogens is 188 g/mol. The number of nitrogens with two attached hydrogens (primary N) is 1. The van der Waals surface area contributed by atoms with E-state index in [1.54, 1.807) is 0 Å². The van der Waals surface area contributed by atoms with Gasteiger partial charge in [0.1, 0.15) is 6.10 Å². The van der Waals surface area contributed by atoms with E-state index in [4.69, 9.17) is 10.8 Å². The lowest BCUT2D eigenvalue weighted by molar-refractivity contribution is -0.123. The highest BCUT2D eigenvalue weighted by atomic mass is 16.6. The van der Waals surface area contributed by atoms with Crippen LogP contribution in [0.15, 0.2) is 0 Å². The second-order valence-electron chi connectivity index (χ2n) is 3.25. The van der Waals surface area contributed by atoms with Gasteiger partial charge in [-0.1, -0.05) is 0 Å². The quantitative estimate of drug-likeness (QED) is 0.542. The van der Waals surface area contributed by atoms with Gasteiger partial charge < -0.3 is 20.9 Å². The van der Waals surface area contributed by atoms with Crippen LogP contribution >= 0.6 is 0 Å². The molecule has 0 spiro atoms. The molecule has 1 fully saturated rings. The number of carbonyl (C=O) groups is 2. The summed E-state index contributed by atoms with van der Waals surface area (Å²) in [5.74, 6) is -0.247. The predicted molar refractivity (Wildman–Crippen MR) is 47.3 cm³/mol. The van der Waals surface area contributed by atoms with Crippen LogP contribution in [-0.2, 0) is 9.53 Å². The zero-order valence-corrected chi connectivity index (χ0v) is 7.73. The minimum absolute atomic E-state index is 0.0588. The van der Waals surface area contributed by atoms with Crippen LogP contribution in [-0.4, -0.2) is 36.4 Å². The highest BCUT2D eigenvalue weighted by Gasteiger charge is 2.28. The largest absolute Gasteiger partial charge is 0.444 e. The first-order chi connectivity index (χ1) is 6.63. The maximum atomic E-state index is 11.1. The van der Waals surface area contributed by atoms with E-state index in [0.717, 1.165) is 0 Å². The second kappa shape index (κ2) is 4.80. The molecule has 1 aliphatic heterocycles. The Morgan fingerprint density at radius 1 is 1.79 bits per heavy atom. The molecule has 1 heterocycles. The summed E-state index contributed by atoms with van der Waals surface area (Å²) in [6.45, 7) is 0.324. The minimum Gasteiger partial charge on any atom is -0.444 e. The van der Waals surface area contributed by atoms with E-state index in [1.807, 2.05) is 0 Å². The monoisotopic (exact) mass is 202 g/mol. The van der Waals surface area contributed by atoms with Crippen LogP contribution in [0.1, 0.15) is 12.8 Å². The van der Waals surface area contributed by atoms with Crippen LogP contribution in [0.3, 0.4) is 0 Å². The Morgan fingerprint density at radius 2 is 2.50 bits per heavy atom. The first kappa shape index (κ1) is 10.8. The van der Waals surface area contributed by atoms with Gasteiger partial charge >= 0.3 is 6.09 Å². The molecule has 6 nitrogen and oxygen atoms in total. The highest BCUT2D eigenvalue weighted by molar-refractivity contribution is 5.80. The molecule has 1 unspecified atom stereocenters. The molecule has 1 aliphatic rings. The molecule has 1 rings (SSSR count). The first-order valence-electron chi connectivity index (χ1n) is 4.48. The summed E-state index contributed by atoms with van der Waals surface area (Å²) >= 11 is 0. The third-order valence-electron chi connectivity index (χ3n) is 2.20. The summed E-state index contributed by atoms with van der Waals surface area (Å²) < 4.78 is 4.62. The molecule has 0 aromatic rings. The third-order valence-corrected chi connectivity index (χ3v) is 2.20. The predicted octanol–water partition coefficient (Wildman–Crippen LogP) is -1.03. The molecule has 2 amide bonds. The fourth-order valence-corrected chi connectivity index (χ4v) is 1.51. The van der Waals surface area contributed by atoms with E-state index in [9.17, 15) is 9.59 Å². The Bertz CT molecular complexity index is 231. The van der Waals surface area contributed by atoms with Crippen LogP contribution in [0.5, 0.6) is 0 Å². The molecule has 1 saturated heterocycles. The Balaban J connectivity index is 2.39. The van der Waals surface area contributed by atoms with Crippen molar-refractivity contribution in [3.8, 4) is 0 Å². The van der Waals surface area contributed by atoms with Crippen LogP contribution in [0, 0.1) is 5.92 Å². The second-order valence-corrected chi connectivity index (χ2v) is 3.25. The number of aliphatic hydroxyl groups is 1. The number of carbonyl (C=O) groups excluding carboxylic acids is 2. The smallest absolute Gasteiger partial charge is 0.404 e. The number of rotatable bonds is 4. The number of primary amides is 1. The Kier molecular flexibility index (Phi) is 3.70. The van der Waals surface area contributed by atoms with E-state index in [1.165, 1.54) is 0 Å². The fraction of sp³-hybridized carbons (Fsp3) is 0.750. The third kappa shape index (κ3) is 2.88. The van der Waals surface area contributed by atoms with Crippen LogP contribution in [0.4, 0.5) is 4.79 Å². The summed E-state index contributed by atoms with van der Waals surface area (Å²) in [7, 11) is 0. The summed E-state index contributed by atoms with van der Waals surface area (Å²) in [5.41, 5.74) is 4.81. The Morgan fingerprint density at radius 3 is 2.93 bits per heavy atom. The number of nitrogens with one attached hydrogen (secondary N) is 1. The van der Waals surface area contributed by atoms with Crippen LogP contribution in [0.2, 0.25) is 0 Å². The SMILES string of the molecule is NC(=O)OC(CO)C[C@@H]1CCNC1=O. The van der Waals surface area contributed by atoms with E-state index in [-0.39, 0.29) is 18.4 Å². The maximum Gasteiger partial charge on any atom is 0.404 e. The zero-order valence-electron chi connectivity index (χ0n) is 7.73. The van der Waals surface area contributed by atoms with Crippen molar-refractivity contribution in [2.75, 3.05) is 13.2 Å². The lowest BCUT2D eigenvalue weighted by atomic mass is 10.0. The van der Waals surface area contributed by atoms with Crippen molar-refractivity contribution < 1.29 is 19.4 Å². The lowest BCUT2D eigenvalue weighted by Crippen LogP contribution is -2.30. The van der Waals surface area contributed by atoms with E-state index < -0.39 is 12.2 Å². The molecule has 6 heteroatoms. The van der Waals surface area contributed by atoms with Crippen molar-refractivity contribution in [3.63, 3.8) is 0 Å². The molecule has 0 radical (unpaired) electrons.